The molecule has 0 amide bonds. The van der Waals surface area contributed by atoms with Gasteiger partial charge in [-0.15, -0.1) is 0 Å². The molecule has 1 aromatic heterocycles. The van der Waals surface area contributed by atoms with Crippen molar-refractivity contribution in [3.8, 4) is 0 Å². The molecule has 18 heavy (non-hydrogen) atoms. The summed E-state index contributed by atoms with van der Waals surface area (Å²) in [7, 11) is 0. The molecule has 2 aromatic rings. The minimum absolute atomic E-state index is 0.167. The number of hydrogen-bond donors (Lipinski definition) is 1. The number of carboxylic acids is 1. The van der Waals surface area contributed by atoms with E-state index in [1.54, 1.807) is 6.07 Å². The summed E-state index contributed by atoms with van der Waals surface area (Å²) in [6.45, 7) is 2.63. The van der Waals surface area contributed by atoms with Crippen molar-refractivity contribution in [3.63, 3.8) is 0 Å². The second-order valence-electron chi connectivity index (χ2n) is 4.62. The number of carboxylic acid groups (broad SMARTS) is 1. The zero-order chi connectivity index (χ0) is 12.7. The molecule has 1 aliphatic heterocycles. The van der Waals surface area contributed by atoms with Crippen LogP contribution in [-0.2, 0) is 4.74 Å². The fraction of sp³-hybridized carbons (Fsp3) is 0.385. The van der Waals surface area contributed by atoms with Gasteiger partial charge in [-0.3, -0.25) is 0 Å². The summed E-state index contributed by atoms with van der Waals surface area (Å²) in [5.74, 6) is -0.156. The van der Waals surface area contributed by atoms with Crippen molar-refractivity contribution in [2.75, 3.05) is 6.61 Å². The van der Waals surface area contributed by atoms with E-state index in [9.17, 15) is 4.79 Å². The molecule has 1 aliphatic rings. The third kappa shape index (κ3) is 1.86. The lowest BCUT2D eigenvalue weighted by Gasteiger charge is -1.99. The molecule has 2 heterocycles. The molecule has 1 N–H and O–H groups in total. The van der Waals surface area contributed by atoms with Gasteiger partial charge in [0, 0.05) is 0 Å². The van der Waals surface area contributed by atoms with Gasteiger partial charge in [-0.25, -0.2) is 9.78 Å². The maximum Gasteiger partial charge on any atom is 0.335 e. The molecule has 0 spiro atoms. The van der Waals surface area contributed by atoms with Crippen LogP contribution >= 0.6 is 0 Å². The van der Waals surface area contributed by atoms with Crippen molar-refractivity contribution in [1.29, 1.82) is 0 Å². The minimum Gasteiger partial charge on any atom is -0.478 e. The van der Waals surface area contributed by atoms with Gasteiger partial charge < -0.3 is 14.3 Å². The highest BCUT2D eigenvalue weighted by molar-refractivity contribution is 5.91. The fourth-order valence-corrected chi connectivity index (χ4v) is 2.24. The molecule has 1 saturated heterocycles. The Morgan fingerprint density at radius 2 is 2.33 bits per heavy atom. The lowest BCUT2D eigenvalue weighted by molar-refractivity contribution is 0.0697. The molecule has 1 aromatic carbocycles. The van der Waals surface area contributed by atoms with E-state index >= 15 is 0 Å². The Labute approximate surface area is 103 Å². The van der Waals surface area contributed by atoms with E-state index in [4.69, 9.17) is 14.3 Å². The summed E-state index contributed by atoms with van der Waals surface area (Å²) in [5.41, 5.74) is 1.43. The Kier molecular flexibility index (Phi) is 2.56. The third-order valence-electron chi connectivity index (χ3n) is 3.20. The van der Waals surface area contributed by atoms with Crippen LogP contribution in [-0.4, -0.2) is 28.8 Å². The Balaban J connectivity index is 1.98. The van der Waals surface area contributed by atoms with Crippen LogP contribution in [0.15, 0.2) is 22.6 Å². The number of fused-ring (bicyclic) bond motifs is 1. The summed E-state index contributed by atoms with van der Waals surface area (Å²) in [5, 5.41) is 8.92. The number of benzene rings is 1. The number of nitrogens with zero attached hydrogens (tertiary/aromatic N) is 1. The van der Waals surface area contributed by atoms with Gasteiger partial charge in [-0.2, -0.15) is 0 Å². The van der Waals surface area contributed by atoms with Gasteiger partial charge in [0.15, 0.2) is 5.58 Å². The molecule has 0 aliphatic carbocycles. The number of rotatable bonds is 2. The maximum absolute atomic E-state index is 10.9. The van der Waals surface area contributed by atoms with E-state index in [1.807, 2.05) is 6.92 Å². The third-order valence-corrected chi connectivity index (χ3v) is 3.20. The average Bonchev–Trinajstić information content (AvgIpc) is 2.93. The first-order valence-electron chi connectivity index (χ1n) is 5.89. The first-order valence-corrected chi connectivity index (χ1v) is 5.89. The Bertz CT molecular complexity index is 604. The van der Waals surface area contributed by atoms with Crippen LogP contribution in [0.5, 0.6) is 0 Å². The highest BCUT2D eigenvalue weighted by Crippen LogP contribution is 2.30. The molecule has 2 atom stereocenters. The van der Waals surface area contributed by atoms with Gasteiger partial charge in [-0.05, 0) is 31.5 Å². The normalized spacial score (nSPS) is 23.6. The van der Waals surface area contributed by atoms with Crippen molar-refractivity contribution in [2.24, 2.45) is 0 Å². The van der Waals surface area contributed by atoms with E-state index < -0.39 is 5.97 Å². The smallest absolute Gasteiger partial charge is 0.335 e. The molecule has 5 heteroatoms. The monoisotopic (exact) mass is 247 g/mol. The zero-order valence-electron chi connectivity index (χ0n) is 9.92. The quantitative estimate of drug-likeness (QED) is 0.882. The van der Waals surface area contributed by atoms with Crippen molar-refractivity contribution in [2.45, 2.75) is 25.4 Å². The SMILES string of the molecule is CC1CC(c2nc3cc(C(=O)O)ccc3o2)CO1. The van der Waals surface area contributed by atoms with Crippen molar-refractivity contribution in [3.05, 3.63) is 29.7 Å². The summed E-state index contributed by atoms with van der Waals surface area (Å²) < 4.78 is 11.1. The largest absolute Gasteiger partial charge is 0.478 e. The van der Waals surface area contributed by atoms with E-state index in [1.165, 1.54) is 12.1 Å². The van der Waals surface area contributed by atoms with Crippen molar-refractivity contribution < 1.29 is 19.1 Å². The predicted octanol–water partition coefficient (Wildman–Crippen LogP) is 2.42. The Morgan fingerprint density at radius 3 is 3.00 bits per heavy atom. The average molecular weight is 247 g/mol. The molecular formula is C13H13NO4. The number of ether oxygens (including phenoxy) is 1. The molecule has 0 bridgehead atoms. The van der Waals surface area contributed by atoms with Crippen molar-refractivity contribution >= 4 is 17.1 Å². The van der Waals surface area contributed by atoms with Crippen LogP contribution in [0.3, 0.4) is 0 Å². The van der Waals surface area contributed by atoms with E-state index in [-0.39, 0.29) is 17.6 Å². The summed E-state index contributed by atoms with van der Waals surface area (Å²) in [6.07, 6.45) is 1.11. The van der Waals surface area contributed by atoms with Crippen molar-refractivity contribution in [1.82, 2.24) is 4.98 Å². The van der Waals surface area contributed by atoms with Gasteiger partial charge in [0.2, 0.25) is 5.89 Å². The van der Waals surface area contributed by atoms with Gasteiger partial charge in [0.05, 0.1) is 24.2 Å². The Hall–Kier alpha value is -1.88. The summed E-state index contributed by atoms with van der Waals surface area (Å²) in [6, 6.07) is 4.70. The van der Waals surface area contributed by atoms with Crippen LogP contribution in [0.4, 0.5) is 0 Å². The highest BCUT2D eigenvalue weighted by Gasteiger charge is 2.27. The highest BCUT2D eigenvalue weighted by atomic mass is 16.5. The van der Waals surface area contributed by atoms with Crippen LogP contribution in [0.2, 0.25) is 0 Å². The lowest BCUT2D eigenvalue weighted by atomic mass is 10.1. The fourth-order valence-electron chi connectivity index (χ4n) is 2.24. The number of oxazole rings is 1. The van der Waals surface area contributed by atoms with Crippen LogP contribution in [0.25, 0.3) is 11.1 Å². The number of hydrogen-bond acceptors (Lipinski definition) is 4. The Morgan fingerprint density at radius 1 is 1.50 bits per heavy atom. The van der Waals surface area contributed by atoms with E-state index in [2.05, 4.69) is 4.98 Å². The van der Waals surface area contributed by atoms with Gasteiger partial charge in [0.1, 0.15) is 5.52 Å². The summed E-state index contributed by atoms with van der Waals surface area (Å²) >= 11 is 0. The lowest BCUT2D eigenvalue weighted by Crippen LogP contribution is -1.98. The molecular weight excluding hydrogens is 234 g/mol. The number of carbonyl (C=O) groups is 1. The molecule has 2 unspecified atom stereocenters. The van der Waals surface area contributed by atoms with Crippen LogP contribution in [0, 0.1) is 0 Å². The molecule has 94 valence electrons. The second kappa shape index (κ2) is 4.10. The molecule has 5 nitrogen and oxygen atoms in total. The molecule has 1 fully saturated rings. The van der Waals surface area contributed by atoms with Gasteiger partial charge >= 0.3 is 5.97 Å². The zero-order valence-corrected chi connectivity index (χ0v) is 9.92. The topological polar surface area (TPSA) is 72.6 Å². The van der Waals surface area contributed by atoms with Gasteiger partial charge in [0.25, 0.3) is 0 Å². The molecule has 0 radical (unpaired) electrons. The first kappa shape index (κ1) is 11.2. The van der Waals surface area contributed by atoms with E-state index in [0.29, 0.717) is 23.6 Å². The maximum atomic E-state index is 10.9. The first-order chi connectivity index (χ1) is 8.63. The number of aromatic nitrogens is 1. The molecule has 3 rings (SSSR count). The summed E-state index contributed by atoms with van der Waals surface area (Å²) in [4.78, 5) is 15.2. The van der Waals surface area contributed by atoms with Crippen LogP contribution in [0.1, 0.15) is 35.5 Å². The standard InChI is InChI=1S/C13H13NO4/c1-7-4-9(6-17-7)12-14-10-5-8(13(15)16)2-3-11(10)18-12/h2-3,5,7,9H,4,6H2,1H3,(H,15,16). The van der Waals surface area contributed by atoms with E-state index in [0.717, 1.165) is 6.42 Å². The second-order valence-corrected chi connectivity index (χ2v) is 4.62. The number of aromatic carboxylic acids is 1. The van der Waals surface area contributed by atoms with Crippen LogP contribution < -0.4 is 0 Å². The van der Waals surface area contributed by atoms with Gasteiger partial charge in [-0.1, -0.05) is 0 Å². The minimum atomic E-state index is -0.959. The molecule has 0 saturated carbocycles. The predicted molar refractivity (Wildman–Crippen MR) is 63.7 cm³/mol.